The molecule has 0 aromatic carbocycles. The lowest BCUT2D eigenvalue weighted by atomic mass is 9.78. The number of methoxy groups -OCH3 is 1. The van der Waals surface area contributed by atoms with Crippen molar-refractivity contribution in [2.75, 3.05) is 40.4 Å². The van der Waals surface area contributed by atoms with Gasteiger partial charge in [0.15, 0.2) is 5.96 Å². The summed E-state index contributed by atoms with van der Waals surface area (Å²) in [6, 6.07) is 0. The fourth-order valence-electron chi connectivity index (χ4n) is 4.16. The average Bonchev–Trinajstić information content (AvgIpc) is 2.96. The van der Waals surface area contributed by atoms with E-state index in [9.17, 15) is 4.79 Å². The molecule has 4 atom stereocenters. The van der Waals surface area contributed by atoms with Crippen molar-refractivity contribution in [2.45, 2.75) is 46.6 Å². The number of guanidine groups is 1. The molecule has 2 heterocycles. The largest absolute Gasteiger partial charge is 0.469 e. The number of nitrogens with one attached hydrogen (secondary N) is 1. The summed E-state index contributed by atoms with van der Waals surface area (Å²) >= 11 is 0. The van der Waals surface area contributed by atoms with Gasteiger partial charge in [0.05, 0.1) is 19.1 Å². The highest BCUT2D eigenvalue weighted by Gasteiger charge is 2.38. The Bertz CT molecular complexity index is 493. The standard InChI is InChI=1S/C19H35N3O3.HI/c1-13-11-22(12-15(13)17(23)24-6)18(20-5)21-10-14-8-7-9-25-16(14)19(2,3)4;/h13-16H,7-12H2,1-6H3,(H,20,21);1H. The molecule has 2 aliphatic heterocycles. The SMILES string of the molecule is CN=C(NCC1CCCOC1C(C)(C)C)N1CC(C)C(C(=O)OC)C1.I. The maximum Gasteiger partial charge on any atom is 0.310 e. The lowest BCUT2D eigenvalue weighted by Gasteiger charge is -2.40. The lowest BCUT2D eigenvalue weighted by Crippen LogP contribution is -2.48. The predicted molar refractivity (Wildman–Crippen MR) is 115 cm³/mol. The molecule has 0 aromatic heterocycles. The maximum absolute atomic E-state index is 11.9. The Morgan fingerprint density at radius 3 is 2.62 bits per heavy atom. The van der Waals surface area contributed by atoms with Crippen molar-refractivity contribution in [1.29, 1.82) is 0 Å². The molecule has 0 amide bonds. The number of hydrogen-bond donors (Lipinski definition) is 1. The van der Waals surface area contributed by atoms with E-state index in [-0.39, 0.29) is 53.3 Å². The van der Waals surface area contributed by atoms with E-state index in [1.165, 1.54) is 13.5 Å². The van der Waals surface area contributed by atoms with Gasteiger partial charge in [0.2, 0.25) is 0 Å². The van der Waals surface area contributed by atoms with Gasteiger partial charge >= 0.3 is 5.97 Å². The van der Waals surface area contributed by atoms with Crippen LogP contribution >= 0.6 is 24.0 Å². The fraction of sp³-hybridized carbons (Fsp3) is 0.895. The molecular formula is C19H36IN3O3. The van der Waals surface area contributed by atoms with Crippen LogP contribution in [0.5, 0.6) is 0 Å². The highest BCUT2D eigenvalue weighted by molar-refractivity contribution is 14.0. The molecule has 152 valence electrons. The second-order valence-electron chi connectivity index (χ2n) is 8.50. The number of halogens is 1. The van der Waals surface area contributed by atoms with Crippen LogP contribution in [0.1, 0.15) is 40.5 Å². The number of aliphatic imine (C=N–C) groups is 1. The van der Waals surface area contributed by atoms with Gasteiger partial charge in [-0.25, -0.2) is 0 Å². The highest BCUT2D eigenvalue weighted by atomic mass is 127. The van der Waals surface area contributed by atoms with Crippen LogP contribution in [0.4, 0.5) is 0 Å². The summed E-state index contributed by atoms with van der Waals surface area (Å²) in [7, 11) is 3.26. The predicted octanol–water partition coefficient (Wildman–Crippen LogP) is 2.76. The monoisotopic (exact) mass is 481 g/mol. The molecule has 2 aliphatic rings. The number of rotatable bonds is 3. The van der Waals surface area contributed by atoms with Crippen molar-refractivity contribution in [3.8, 4) is 0 Å². The fourth-order valence-corrected chi connectivity index (χ4v) is 4.16. The lowest BCUT2D eigenvalue weighted by molar-refractivity contribution is -0.145. The molecule has 0 spiro atoms. The van der Waals surface area contributed by atoms with E-state index >= 15 is 0 Å². The van der Waals surface area contributed by atoms with E-state index in [0.717, 1.165) is 32.1 Å². The van der Waals surface area contributed by atoms with Crippen LogP contribution < -0.4 is 5.32 Å². The summed E-state index contributed by atoms with van der Waals surface area (Å²) < 4.78 is 11.0. The number of esters is 1. The summed E-state index contributed by atoms with van der Waals surface area (Å²) in [6.07, 6.45) is 2.54. The van der Waals surface area contributed by atoms with Gasteiger partial charge in [-0.1, -0.05) is 27.7 Å². The summed E-state index contributed by atoms with van der Waals surface area (Å²) in [6.45, 7) is 12.0. The van der Waals surface area contributed by atoms with Crippen LogP contribution in [0.2, 0.25) is 0 Å². The van der Waals surface area contributed by atoms with Gasteiger partial charge in [-0.3, -0.25) is 9.79 Å². The first-order valence-corrected chi connectivity index (χ1v) is 9.43. The van der Waals surface area contributed by atoms with Gasteiger partial charge in [-0.05, 0) is 24.2 Å². The normalized spacial score (nSPS) is 29.9. The zero-order valence-corrected chi connectivity index (χ0v) is 19.4. The van der Waals surface area contributed by atoms with E-state index in [1.807, 2.05) is 0 Å². The molecule has 0 aliphatic carbocycles. The molecule has 6 nitrogen and oxygen atoms in total. The van der Waals surface area contributed by atoms with Crippen molar-refractivity contribution in [3.63, 3.8) is 0 Å². The van der Waals surface area contributed by atoms with Gasteiger partial charge in [0.25, 0.3) is 0 Å². The first-order chi connectivity index (χ1) is 11.8. The smallest absolute Gasteiger partial charge is 0.310 e. The average molecular weight is 481 g/mol. The number of nitrogens with zero attached hydrogens (tertiary/aromatic N) is 2. The minimum Gasteiger partial charge on any atom is -0.469 e. The number of likely N-dealkylation sites (tertiary alicyclic amines) is 1. The van der Waals surface area contributed by atoms with E-state index in [1.54, 1.807) is 7.05 Å². The number of carbonyl (C=O) groups excluding carboxylic acids is 1. The first kappa shape index (κ1) is 23.5. The Balaban J connectivity index is 0.00000338. The molecule has 7 heteroatoms. The van der Waals surface area contributed by atoms with Crippen LogP contribution in [-0.2, 0) is 14.3 Å². The minimum atomic E-state index is -0.126. The van der Waals surface area contributed by atoms with Gasteiger partial charge in [0.1, 0.15) is 0 Å². The summed E-state index contributed by atoms with van der Waals surface area (Å²) in [4.78, 5) is 18.5. The first-order valence-electron chi connectivity index (χ1n) is 9.43. The molecule has 1 N–H and O–H groups in total. The topological polar surface area (TPSA) is 63.2 Å². The molecule has 2 fully saturated rings. The second-order valence-corrected chi connectivity index (χ2v) is 8.50. The summed E-state index contributed by atoms with van der Waals surface area (Å²) in [5.74, 6) is 1.41. The third-order valence-electron chi connectivity index (χ3n) is 5.45. The Hall–Kier alpha value is -0.570. The highest BCUT2D eigenvalue weighted by Crippen LogP contribution is 2.33. The van der Waals surface area contributed by atoms with Crippen LogP contribution in [0.3, 0.4) is 0 Å². The number of hydrogen-bond acceptors (Lipinski definition) is 4. The zero-order chi connectivity index (χ0) is 18.6. The Kier molecular flexibility index (Phi) is 9.12. The molecule has 26 heavy (non-hydrogen) atoms. The van der Waals surface area contributed by atoms with Crippen molar-refractivity contribution in [2.24, 2.45) is 28.2 Å². The number of carbonyl (C=O) groups is 1. The molecule has 0 radical (unpaired) electrons. The van der Waals surface area contributed by atoms with Crippen molar-refractivity contribution >= 4 is 35.9 Å². The quantitative estimate of drug-likeness (QED) is 0.291. The Labute approximate surface area is 175 Å². The van der Waals surface area contributed by atoms with Crippen LogP contribution in [-0.4, -0.2) is 63.3 Å². The number of ether oxygens (including phenoxy) is 2. The molecule has 0 bridgehead atoms. The molecule has 0 aromatic rings. The molecule has 4 unspecified atom stereocenters. The van der Waals surface area contributed by atoms with Crippen molar-refractivity contribution < 1.29 is 14.3 Å². The van der Waals surface area contributed by atoms with E-state index in [2.05, 4.69) is 42.9 Å². The zero-order valence-electron chi connectivity index (χ0n) is 17.1. The summed E-state index contributed by atoms with van der Waals surface area (Å²) in [5.41, 5.74) is 0.133. The third-order valence-corrected chi connectivity index (χ3v) is 5.45. The van der Waals surface area contributed by atoms with E-state index in [0.29, 0.717) is 12.5 Å². The third kappa shape index (κ3) is 5.71. The van der Waals surface area contributed by atoms with Crippen molar-refractivity contribution in [1.82, 2.24) is 10.2 Å². The minimum absolute atomic E-state index is 0. The maximum atomic E-state index is 11.9. The Morgan fingerprint density at radius 2 is 2.04 bits per heavy atom. The summed E-state index contributed by atoms with van der Waals surface area (Å²) in [5, 5.41) is 3.53. The van der Waals surface area contributed by atoms with Crippen LogP contribution in [0.15, 0.2) is 4.99 Å². The van der Waals surface area contributed by atoms with E-state index < -0.39 is 0 Å². The second kappa shape index (κ2) is 10.1. The van der Waals surface area contributed by atoms with Crippen molar-refractivity contribution in [3.05, 3.63) is 0 Å². The Morgan fingerprint density at radius 1 is 1.35 bits per heavy atom. The van der Waals surface area contributed by atoms with Crippen LogP contribution in [0.25, 0.3) is 0 Å². The van der Waals surface area contributed by atoms with Gasteiger partial charge < -0.3 is 19.7 Å². The molecule has 0 saturated carbocycles. The van der Waals surface area contributed by atoms with Crippen LogP contribution in [0, 0.1) is 23.2 Å². The molecule has 2 saturated heterocycles. The molecule has 2 rings (SSSR count). The van der Waals surface area contributed by atoms with Gasteiger partial charge in [-0.15, -0.1) is 24.0 Å². The van der Waals surface area contributed by atoms with Gasteiger partial charge in [-0.2, -0.15) is 0 Å². The van der Waals surface area contributed by atoms with E-state index in [4.69, 9.17) is 9.47 Å². The van der Waals surface area contributed by atoms with Gasteiger partial charge in [0, 0.05) is 39.2 Å². The molecular weight excluding hydrogens is 445 g/mol.